The van der Waals surface area contributed by atoms with Gasteiger partial charge in [-0.3, -0.25) is 0 Å². The lowest BCUT2D eigenvalue weighted by Gasteiger charge is -2.22. The third-order valence-electron chi connectivity index (χ3n) is 6.69. The van der Waals surface area contributed by atoms with Crippen LogP contribution < -0.4 is 9.75 Å². The van der Waals surface area contributed by atoms with E-state index in [1.54, 1.807) is 12.1 Å². The van der Waals surface area contributed by atoms with Gasteiger partial charge in [-0.15, -0.1) is 11.3 Å². The van der Waals surface area contributed by atoms with Gasteiger partial charge in [0.25, 0.3) is 0 Å². The van der Waals surface area contributed by atoms with Gasteiger partial charge in [-0.25, -0.2) is 14.4 Å². The number of methoxy groups -OCH3 is 1. The van der Waals surface area contributed by atoms with E-state index < -0.39 is 5.82 Å². The Labute approximate surface area is 239 Å². The van der Waals surface area contributed by atoms with Crippen molar-refractivity contribution in [3.63, 3.8) is 0 Å². The fraction of sp³-hybridized carbons (Fsp3) is 0.0968. The minimum Gasteiger partial charge on any atom is -0.494 e. The van der Waals surface area contributed by atoms with Crippen LogP contribution in [0.3, 0.4) is 0 Å². The Morgan fingerprint density at radius 2 is 1.59 bits per heavy atom. The molecule has 0 fully saturated rings. The fourth-order valence-electron chi connectivity index (χ4n) is 4.69. The highest BCUT2D eigenvalue weighted by Gasteiger charge is 2.33. The van der Waals surface area contributed by atoms with E-state index in [-0.39, 0.29) is 11.8 Å². The third kappa shape index (κ3) is 5.15. The molecule has 0 amide bonds. The van der Waals surface area contributed by atoms with Crippen LogP contribution in [0.2, 0.25) is 10.0 Å². The highest BCUT2D eigenvalue weighted by molar-refractivity contribution is 7.14. The molecule has 0 unspecified atom stereocenters. The Bertz CT molecular complexity index is 1670. The molecule has 1 aliphatic rings. The van der Waals surface area contributed by atoms with E-state index in [4.69, 9.17) is 38.0 Å². The molecule has 39 heavy (non-hydrogen) atoms. The van der Waals surface area contributed by atoms with Crippen LogP contribution in [-0.2, 0) is 0 Å². The summed E-state index contributed by atoms with van der Waals surface area (Å²) in [6.45, 7) is 0. The summed E-state index contributed by atoms with van der Waals surface area (Å²) in [5.74, 6) is -0.248. The van der Waals surface area contributed by atoms with Crippen LogP contribution in [0.15, 0.2) is 101 Å². The van der Waals surface area contributed by atoms with Crippen molar-refractivity contribution < 1.29 is 9.13 Å². The van der Waals surface area contributed by atoms with Crippen molar-refractivity contribution in [3.05, 3.63) is 123 Å². The summed E-state index contributed by atoms with van der Waals surface area (Å²) in [6, 6.07) is 28.7. The molecule has 4 aromatic carbocycles. The summed E-state index contributed by atoms with van der Waals surface area (Å²) in [7, 11) is 1.45. The SMILES string of the molecule is COc1ccc(C2=NN(c3nc(-c4ccc(-c5ccccc5)cc4)cs3)[C@@H](c3ccc(Cl)cc3Cl)C2)cc1F. The van der Waals surface area contributed by atoms with Crippen LogP contribution in [-0.4, -0.2) is 17.8 Å². The number of benzene rings is 4. The summed E-state index contributed by atoms with van der Waals surface area (Å²) in [5.41, 5.74) is 6.47. The highest BCUT2D eigenvalue weighted by Crippen LogP contribution is 2.42. The quantitative estimate of drug-likeness (QED) is 0.203. The van der Waals surface area contributed by atoms with Crippen LogP contribution in [0, 0.1) is 5.82 Å². The number of aromatic nitrogens is 1. The maximum atomic E-state index is 14.5. The molecule has 2 heterocycles. The summed E-state index contributed by atoms with van der Waals surface area (Å²) in [4.78, 5) is 4.94. The minimum atomic E-state index is -0.437. The second-order valence-electron chi connectivity index (χ2n) is 9.09. The molecule has 0 N–H and O–H groups in total. The Hall–Kier alpha value is -3.71. The van der Waals surface area contributed by atoms with Crippen molar-refractivity contribution in [3.8, 4) is 28.1 Å². The van der Waals surface area contributed by atoms with E-state index in [1.807, 2.05) is 46.8 Å². The Balaban J connectivity index is 1.35. The van der Waals surface area contributed by atoms with E-state index in [0.717, 1.165) is 33.2 Å². The van der Waals surface area contributed by atoms with E-state index in [1.165, 1.54) is 30.1 Å². The van der Waals surface area contributed by atoms with Crippen molar-refractivity contribution in [1.82, 2.24) is 4.98 Å². The molecule has 0 spiro atoms. The number of hydrogen-bond acceptors (Lipinski definition) is 5. The second kappa shape index (κ2) is 10.8. The van der Waals surface area contributed by atoms with Crippen LogP contribution in [0.25, 0.3) is 22.4 Å². The molecule has 4 nitrogen and oxygen atoms in total. The normalized spacial score (nSPS) is 14.9. The lowest BCUT2D eigenvalue weighted by molar-refractivity contribution is 0.386. The number of rotatable bonds is 6. The summed E-state index contributed by atoms with van der Waals surface area (Å²) in [6.07, 6.45) is 0.522. The summed E-state index contributed by atoms with van der Waals surface area (Å²) >= 11 is 14.3. The molecule has 1 atom stereocenters. The number of hydrogen-bond donors (Lipinski definition) is 0. The molecule has 0 bridgehead atoms. The second-order valence-corrected chi connectivity index (χ2v) is 10.8. The van der Waals surface area contributed by atoms with E-state index >= 15 is 0 Å². The van der Waals surface area contributed by atoms with Gasteiger partial charge < -0.3 is 4.74 Å². The number of nitrogens with zero attached hydrogens (tertiary/aromatic N) is 3. The fourth-order valence-corrected chi connectivity index (χ4v) is 6.05. The maximum absolute atomic E-state index is 14.5. The van der Waals surface area contributed by atoms with E-state index in [9.17, 15) is 4.39 Å². The van der Waals surface area contributed by atoms with Gasteiger partial charge in [-0.1, -0.05) is 83.9 Å². The highest BCUT2D eigenvalue weighted by atomic mass is 35.5. The lowest BCUT2D eigenvalue weighted by atomic mass is 9.98. The van der Waals surface area contributed by atoms with Gasteiger partial charge in [0.15, 0.2) is 11.6 Å². The number of thiazole rings is 1. The predicted octanol–water partition coefficient (Wildman–Crippen LogP) is 9.29. The standard InChI is InChI=1S/C31H22Cl2FN3OS/c1-38-30-14-11-22(15-26(30)34)27-17-29(24-13-12-23(32)16-25(24)33)37(36-27)31-35-28(18-39-31)21-9-7-20(8-10-21)19-5-3-2-4-6-19/h2-16,18,29H,17H2,1H3/t29-/m1/s1. The van der Waals surface area contributed by atoms with Gasteiger partial charge in [0.1, 0.15) is 0 Å². The number of ether oxygens (including phenoxy) is 1. The van der Waals surface area contributed by atoms with Gasteiger partial charge in [-0.2, -0.15) is 5.10 Å². The first-order valence-electron chi connectivity index (χ1n) is 12.3. The lowest BCUT2D eigenvalue weighted by Crippen LogP contribution is -2.18. The Morgan fingerprint density at radius 3 is 2.31 bits per heavy atom. The first kappa shape index (κ1) is 25.6. The van der Waals surface area contributed by atoms with Crippen molar-refractivity contribution in [2.24, 2.45) is 5.10 Å². The smallest absolute Gasteiger partial charge is 0.207 e. The van der Waals surface area contributed by atoms with Crippen LogP contribution in [0.5, 0.6) is 5.75 Å². The average molecular weight is 575 g/mol. The summed E-state index contributed by atoms with van der Waals surface area (Å²) < 4.78 is 19.6. The molecular formula is C31H22Cl2FN3OS. The molecule has 0 aliphatic carbocycles. The van der Waals surface area contributed by atoms with Crippen LogP contribution >= 0.6 is 34.5 Å². The van der Waals surface area contributed by atoms with Crippen molar-refractivity contribution in [2.75, 3.05) is 12.1 Å². The van der Waals surface area contributed by atoms with Gasteiger partial charge in [-0.05, 0) is 47.0 Å². The van der Waals surface area contributed by atoms with Gasteiger partial charge >= 0.3 is 0 Å². The zero-order valence-corrected chi connectivity index (χ0v) is 23.1. The maximum Gasteiger partial charge on any atom is 0.207 e. The average Bonchev–Trinajstić information content (AvgIpc) is 3.62. The number of hydrazone groups is 1. The molecule has 0 saturated heterocycles. The van der Waals surface area contributed by atoms with Gasteiger partial charge in [0, 0.05) is 33.0 Å². The van der Waals surface area contributed by atoms with Crippen molar-refractivity contribution in [2.45, 2.75) is 12.5 Å². The monoisotopic (exact) mass is 573 g/mol. The van der Waals surface area contributed by atoms with Crippen molar-refractivity contribution >= 4 is 45.4 Å². The number of halogens is 3. The number of anilines is 1. The van der Waals surface area contributed by atoms with Crippen molar-refractivity contribution in [1.29, 1.82) is 0 Å². The van der Waals surface area contributed by atoms with Crippen LogP contribution in [0.1, 0.15) is 23.6 Å². The molecule has 6 rings (SSSR count). The first-order valence-corrected chi connectivity index (χ1v) is 13.9. The Kier molecular flexibility index (Phi) is 7.09. The first-order chi connectivity index (χ1) is 19.0. The molecule has 0 radical (unpaired) electrons. The minimum absolute atomic E-state index is 0.189. The largest absolute Gasteiger partial charge is 0.494 e. The van der Waals surface area contributed by atoms with Gasteiger partial charge in [0.2, 0.25) is 5.13 Å². The summed E-state index contributed by atoms with van der Waals surface area (Å²) in [5, 5.41) is 10.6. The van der Waals surface area contributed by atoms with E-state index in [0.29, 0.717) is 22.0 Å². The zero-order valence-electron chi connectivity index (χ0n) is 20.8. The topological polar surface area (TPSA) is 37.7 Å². The Morgan fingerprint density at radius 1 is 0.872 bits per heavy atom. The van der Waals surface area contributed by atoms with Crippen LogP contribution in [0.4, 0.5) is 9.52 Å². The predicted molar refractivity (Wildman–Crippen MR) is 159 cm³/mol. The molecule has 194 valence electrons. The zero-order chi connectivity index (χ0) is 26.9. The molecule has 1 aromatic heterocycles. The third-order valence-corrected chi connectivity index (χ3v) is 8.09. The van der Waals surface area contributed by atoms with Gasteiger partial charge in [0.05, 0.1) is 24.6 Å². The molecule has 5 aromatic rings. The molecule has 1 aliphatic heterocycles. The molecular weight excluding hydrogens is 552 g/mol. The molecule has 8 heteroatoms. The van der Waals surface area contributed by atoms with E-state index in [2.05, 4.69) is 36.4 Å². The molecule has 0 saturated carbocycles.